The van der Waals surface area contributed by atoms with Gasteiger partial charge in [-0.15, -0.1) is 0 Å². The minimum atomic E-state index is -3.74. The zero-order chi connectivity index (χ0) is 24.9. The molecule has 9 heteroatoms. The Hall–Kier alpha value is -2.39. The number of rotatable bonds is 9. The molecule has 1 N–H and O–H groups in total. The molecule has 1 saturated carbocycles. The molecule has 0 radical (unpaired) electrons. The van der Waals surface area contributed by atoms with Crippen molar-refractivity contribution in [2.45, 2.75) is 58.2 Å². The summed E-state index contributed by atoms with van der Waals surface area (Å²) in [5, 5.41) is 3.06. The number of hydrogen-bond donors (Lipinski definition) is 1. The van der Waals surface area contributed by atoms with E-state index in [4.69, 9.17) is 0 Å². The van der Waals surface area contributed by atoms with Crippen LogP contribution in [0.15, 0.2) is 53.0 Å². The summed E-state index contributed by atoms with van der Waals surface area (Å²) in [5.74, 6) is -0.662. The maximum Gasteiger partial charge on any atom is 0.244 e. The Labute approximate surface area is 210 Å². The molecule has 2 amide bonds. The van der Waals surface area contributed by atoms with Gasteiger partial charge in [0.15, 0.2) is 0 Å². The number of carbonyl (C=O) groups is 2. The third kappa shape index (κ3) is 6.82. The van der Waals surface area contributed by atoms with Crippen LogP contribution in [0.4, 0.5) is 5.69 Å². The van der Waals surface area contributed by atoms with Gasteiger partial charge >= 0.3 is 0 Å². The van der Waals surface area contributed by atoms with Crippen molar-refractivity contribution in [2.75, 3.05) is 17.1 Å². The smallest absolute Gasteiger partial charge is 0.244 e. The molecule has 2 aromatic carbocycles. The number of amides is 2. The average molecular weight is 551 g/mol. The molecule has 0 aliphatic heterocycles. The Balaban J connectivity index is 1.87. The van der Waals surface area contributed by atoms with Gasteiger partial charge in [0.1, 0.15) is 12.6 Å². The number of nitrogens with one attached hydrogen (secondary N) is 1. The zero-order valence-corrected chi connectivity index (χ0v) is 22.2. The molecule has 0 saturated heterocycles. The van der Waals surface area contributed by atoms with Crippen LogP contribution < -0.4 is 9.62 Å². The molecule has 0 spiro atoms. The van der Waals surface area contributed by atoms with Crippen molar-refractivity contribution in [1.82, 2.24) is 10.2 Å². The molecule has 2 aromatic rings. The van der Waals surface area contributed by atoms with Gasteiger partial charge in [-0.2, -0.15) is 0 Å². The van der Waals surface area contributed by atoms with Crippen molar-refractivity contribution >= 4 is 43.5 Å². The first kappa shape index (κ1) is 26.2. The van der Waals surface area contributed by atoms with E-state index in [0.29, 0.717) is 5.69 Å². The summed E-state index contributed by atoms with van der Waals surface area (Å²) in [6, 6.07) is 13.9. The summed E-state index contributed by atoms with van der Waals surface area (Å²) in [4.78, 5) is 28.0. The molecular formula is C25H32BrN3O4S. The van der Waals surface area contributed by atoms with Crippen molar-refractivity contribution < 1.29 is 18.0 Å². The minimum absolute atomic E-state index is 0.127. The summed E-state index contributed by atoms with van der Waals surface area (Å²) in [6.07, 6.45) is 5.13. The van der Waals surface area contributed by atoms with Crippen LogP contribution in [0.1, 0.15) is 43.7 Å². The molecule has 0 bridgehead atoms. The van der Waals surface area contributed by atoms with Crippen molar-refractivity contribution in [1.29, 1.82) is 0 Å². The van der Waals surface area contributed by atoms with Gasteiger partial charge in [-0.1, -0.05) is 59.1 Å². The quantitative estimate of drug-likeness (QED) is 0.512. The van der Waals surface area contributed by atoms with E-state index in [2.05, 4.69) is 21.2 Å². The average Bonchev–Trinajstić information content (AvgIpc) is 3.30. The van der Waals surface area contributed by atoms with Gasteiger partial charge in [0, 0.05) is 17.1 Å². The number of nitrogens with zero attached hydrogens (tertiary/aromatic N) is 2. The van der Waals surface area contributed by atoms with Crippen molar-refractivity contribution in [3.63, 3.8) is 0 Å². The van der Waals surface area contributed by atoms with Crippen LogP contribution in [0.3, 0.4) is 0 Å². The predicted octanol–water partition coefficient (Wildman–Crippen LogP) is 4.00. The highest BCUT2D eigenvalue weighted by molar-refractivity contribution is 9.10. The highest BCUT2D eigenvalue weighted by Gasteiger charge is 2.31. The second-order valence-electron chi connectivity index (χ2n) is 8.88. The molecule has 34 heavy (non-hydrogen) atoms. The number of halogens is 1. The van der Waals surface area contributed by atoms with Gasteiger partial charge in [-0.05, 0) is 56.0 Å². The van der Waals surface area contributed by atoms with Gasteiger partial charge in [0.05, 0.1) is 11.9 Å². The maximum atomic E-state index is 13.5. The van der Waals surface area contributed by atoms with E-state index >= 15 is 0 Å². The first-order valence-electron chi connectivity index (χ1n) is 11.4. The Morgan fingerprint density at radius 1 is 1.12 bits per heavy atom. The standard InChI is InChI=1S/C25H32BrN3O4S/c1-18-15-22(13-14-23(18)26)29(34(3,32)33)17-24(30)28(16-20-9-5-4-6-10-20)19(2)25(31)27-21-11-7-8-12-21/h4-6,9-10,13-15,19,21H,7-8,11-12,16-17H2,1-3H3,(H,27,31). The molecule has 0 aromatic heterocycles. The maximum absolute atomic E-state index is 13.5. The largest absolute Gasteiger partial charge is 0.352 e. The van der Waals surface area contributed by atoms with E-state index in [1.54, 1.807) is 25.1 Å². The number of benzene rings is 2. The van der Waals surface area contributed by atoms with Crippen LogP contribution in [0, 0.1) is 6.92 Å². The SMILES string of the molecule is Cc1cc(N(CC(=O)N(Cc2ccccc2)C(C)C(=O)NC2CCCC2)S(C)(=O)=O)ccc1Br. The Bertz CT molecular complexity index is 1120. The van der Waals surface area contributed by atoms with Crippen LogP contribution in [0.2, 0.25) is 0 Å². The molecular weight excluding hydrogens is 518 g/mol. The number of hydrogen-bond acceptors (Lipinski definition) is 4. The Kier molecular flexibility index (Phi) is 8.76. The van der Waals surface area contributed by atoms with Crippen LogP contribution in [0.25, 0.3) is 0 Å². The summed E-state index contributed by atoms with van der Waals surface area (Å²) in [6.45, 7) is 3.36. The van der Waals surface area contributed by atoms with Gasteiger partial charge in [0.2, 0.25) is 21.8 Å². The monoisotopic (exact) mass is 549 g/mol. The Morgan fingerprint density at radius 2 is 1.76 bits per heavy atom. The Morgan fingerprint density at radius 3 is 2.35 bits per heavy atom. The fourth-order valence-electron chi connectivity index (χ4n) is 4.15. The fourth-order valence-corrected chi connectivity index (χ4v) is 5.24. The van der Waals surface area contributed by atoms with Crippen LogP contribution in [-0.4, -0.2) is 50.0 Å². The molecule has 3 rings (SSSR count). The van der Waals surface area contributed by atoms with E-state index in [0.717, 1.165) is 51.8 Å². The lowest BCUT2D eigenvalue weighted by atomic mass is 10.1. The molecule has 1 aliphatic carbocycles. The normalized spacial score (nSPS) is 15.1. The number of sulfonamides is 1. The van der Waals surface area contributed by atoms with Crippen molar-refractivity contribution in [2.24, 2.45) is 0 Å². The summed E-state index contributed by atoms with van der Waals surface area (Å²) >= 11 is 3.42. The summed E-state index contributed by atoms with van der Waals surface area (Å²) < 4.78 is 27.2. The van der Waals surface area contributed by atoms with Crippen LogP contribution in [0.5, 0.6) is 0 Å². The third-order valence-electron chi connectivity index (χ3n) is 6.17. The highest BCUT2D eigenvalue weighted by atomic mass is 79.9. The van der Waals surface area contributed by atoms with E-state index in [-0.39, 0.29) is 18.5 Å². The van der Waals surface area contributed by atoms with E-state index in [1.807, 2.05) is 37.3 Å². The molecule has 1 unspecified atom stereocenters. The minimum Gasteiger partial charge on any atom is -0.352 e. The van der Waals surface area contributed by atoms with E-state index in [1.165, 1.54) is 4.90 Å². The molecule has 1 aliphatic rings. The lowest BCUT2D eigenvalue weighted by molar-refractivity contribution is -0.139. The third-order valence-corrected chi connectivity index (χ3v) is 8.20. The fraction of sp³-hybridized carbons (Fsp3) is 0.440. The zero-order valence-electron chi connectivity index (χ0n) is 19.8. The van der Waals surface area contributed by atoms with Crippen molar-refractivity contribution in [3.8, 4) is 0 Å². The predicted molar refractivity (Wildman–Crippen MR) is 138 cm³/mol. The van der Waals surface area contributed by atoms with Crippen LogP contribution >= 0.6 is 15.9 Å². The second kappa shape index (κ2) is 11.4. The lowest BCUT2D eigenvalue weighted by Crippen LogP contribution is -2.52. The number of aryl methyl sites for hydroxylation is 1. The highest BCUT2D eigenvalue weighted by Crippen LogP contribution is 2.25. The summed E-state index contributed by atoms with van der Waals surface area (Å²) in [7, 11) is -3.74. The summed E-state index contributed by atoms with van der Waals surface area (Å²) in [5.41, 5.74) is 2.12. The van der Waals surface area contributed by atoms with Crippen molar-refractivity contribution in [3.05, 3.63) is 64.1 Å². The molecule has 184 valence electrons. The molecule has 1 atom stereocenters. The van der Waals surface area contributed by atoms with Crippen LogP contribution in [-0.2, 0) is 26.2 Å². The van der Waals surface area contributed by atoms with E-state index < -0.39 is 28.5 Å². The van der Waals surface area contributed by atoms with E-state index in [9.17, 15) is 18.0 Å². The lowest BCUT2D eigenvalue weighted by Gasteiger charge is -2.32. The first-order valence-corrected chi connectivity index (χ1v) is 14.1. The number of anilines is 1. The topological polar surface area (TPSA) is 86.8 Å². The first-order chi connectivity index (χ1) is 16.1. The van der Waals surface area contributed by atoms with Gasteiger partial charge < -0.3 is 10.2 Å². The molecule has 7 nitrogen and oxygen atoms in total. The second-order valence-corrected chi connectivity index (χ2v) is 11.6. The number of carbonyl (C=O) groups excluding carboxylic acids is 2. The van der Waals surface area contributed by atoms with Gasteiger partial charge in [0.25, 0.3) is 0 Å². The van der Waals surface area contributed by atoms with Gasteiger partial charge in [-0.25, -0.2) is 8.42 Å². The molecule has 1 fully saturated rings. The molecule has 0 heterocycles. The van der Waals surface area contributed by atoms with Gasteiger partial charge in [-0.3, -0.25) is 13.9 Å².